The van der Waals surface area contributed by atoms with Crippen LogP contribution in [0.3, 0.4) is 0 Å². The van der Waals surface area contributed by atoms with E-state index in [1.54, 1.807) is 16.9 Å². The van der Waals surface area contributed by atoms with Crippen molar-refractivity contribution in [3.05, 3.63) is 12.4 Å². The van der Waals surface area contributed by atoms with E-state index in [1.807, 2.05) is 0 Å². The van der Waals surface area contributed by atoms with E-state index in [1.165, 1.54) is 0 Å². The van der Waals surface area contributed by atoms with Crippen molar-refractivity contribution in [1.82, 2.24) is 25.0 Å². The number of nitrogens with zero attached hydrogens (tertiary/aromatic N) is 6. The van der Waals surface area contributed by atoms with Gasteiger partial charge in [-0.1, -0.05) is 0 Å². The Morgan fingerprint density at radius 1 is 1.29 bits per heavy atom. The van der Waals surface area contributed by atoms with Gasteiger partial charge in [-0.2, -0.15) is 4.52 Å². The Hall–Kier alpha value is -2.05. The van der Waals surface area contributed by atoms with E-state index < -0.39 is 0 Å². The van der Waals surface area contributed by atoms with Gasteiger partial charge in [-0.3, -0.25) is 4.98 Å². The van der Waals surface area contributed by atoms with Crippen molar-refractivity contribution in [3.8, 4) is 0 Å². The van der Waals surface area contributed by atoms with Crippen LogP contribution >= 0.6 is 0 Å². The molecule has 0 aromatic carbocycles. The topological polar surface area (TPSA) is 76.3 Å². The van der Waals surface area contributed by atoms with Crippen LogP contribution in [-0.2, 0) is 4.79 Å². The highest BCUT2D eigenvalue weighted by Crippen LogP contribution is 2.21. The molecule has 17 heavy (non-hydrogen) atoms. The molecule has 7 heteroatoms. The lowest BCUT2D eigenvalue weighted by Crippen LogP contribution is -2.35. The Balaban J connectivity index is 1.89. The number of aldehydes is 1. The Morgan fingerprint density at radius 3 is 2.88 bits per heavy atom. The second kappa shape index (κ2) is 4.08. The zero-order valence-corrected chi connectivity index (χ0v) is 9.23. The van der Waals surface area contributed by atoms with Gasteiger partial charge in [0, 0.05) is 19.0 Å². The molecular formula is C10H12N6O. The summed E-state index contributed by atoms with van der Waals surface area (Å²) in [7, 11) is 0. The van der Waals surface area contributed by atoms with Crippen molar-refractivity contribution in [1.29, 1.82) is 0 Å². The maximum absolute atomic E-state index is 10.7. The highest BCUT2D eigenvalue weighted by molar-refractivity contribution is 5.55. The predicted molar refractivity (Wildman–Crippen MR) is 59.6 cm³/mol. The van der Waals surface area contributed by atoms with E-state index in [4.69, 9.17) is 0 Å². The van der Waals surface area contributed by atoms with Gasteiger partial charge in [-0.15, -0.1) is 5.10 Å². The summed E-state index contributed by atoms with van der Waals surface area (Å²) < 4.78 is 1.67. The van der Waals surface area contributed by atoms with Crippen LogP contribution in [-0.4, -0.2) is 44.4 Å². The second-order valence-electron chi connectivity index (χ2n) is 4.17. The molecule has 88 valence electrons. The van der Waals surface area contributed by atoms with Crippen molar-refractivity contribution in [3.63, 3.8) is 0 Å². The molecule has 1 aliphatic heterocycles. The van der Waals surface area contributed by atoms with Gasteiger partial charge in [-0.05, 0) is 23.3 Å². The third kappa shape index (κ3) is 1.73. The minimum Gasteiger partial charge on any atom is -0.355 e. The first-order valence-corrected chi connectivity index (χ1v) is 5.61. The normalized spacial score (nSPS) is 17.5. The number of carbonyl (C=O) groups is 1. The molecule has 0 bridgehead atoms. The molecule has 0 N–H and O–H groups in total. The number of hydrogen-bond donors (Lipinski definition) is 0. The Bertz CT molecular complexity index is 530. The molecule has 0 radical (unpaired) electrons. The summed E-state index contributed by atoms with van der Waals surface area (Å²) in [4.78, 5) is 17.0. The van der Waals surface area contributed by atoms with Gasteiger partial charge < -0.3 is 9.69 Å². The standard InChI is InChI=1S/C10H12N6O/c17-7-8-1-3-15(4-2-8)10-6-11-5-9-12-13-14-16(9)10/h5-8H,1-4H2. The minimum absolute atomic E-state index is 0.187. The summed E-state index contributed by atoms with van der Waals surface area (Å²) in [6.45, 7) is 1.67. The zero-order valence-electron chi connectivity index (χ0n) is 9.23. The second-order valence-corrected chi connectivity index (χ2v) is 4.17. The molecule has 1 saturated heterocycles. The lowest BCUT2D eigenvalue weighted by Gasteiger charge is -2.30. The third-order valence-corrected chi connectivity index (χ3v) is 3.15. The van der Waals surface area contributed by atoms with Crippen LogP contribution in [0.2, 0.25) is 0 Å². The number of tetrazole rings is 1. The van der Waals surface area contributed by atoms with Gasteiger partial charge in [-0.25, -0.2) is 0 Å². The molecule has 0 unspecified atom stereocenters. The third-order valence-electron chi connectivity index (χ3n) is 3.15. The van der Waals surface area contributed by atoms with Gasteiger partial charge in [0.2, 0.25) is 0 Å². The van der Waals surface area contributed by atoms with Crippen LogP contribution in [0, 0.1) is 5.92 Å². The molecule has 0 atom stereocenters. The van der Waals surface area contributed by atoms with Crippen LogP contribution in [0.1, 0.15) is 12.8 Å². The van der Waals surface area contributed by atoms with Crippen LogP contribution in [0.15, 0.2) is 12.4 Å². The summed E-state index contributed by atoms with van der Waals surface area (Å²) in [5.74, 6) is 1.07. The Kier molecular flexibility index (Phi) is 2.43. The number of rotatable bonds is 2. The number of fused-ring (bicyclic) bond motifs is 1. The van der Waals surface area contributed by atoms with Crippen LogP contribution in [0.5, 0.6) is 0 Å². The molecule has 7 nitrogen and oxygen atoms in total. The molecule has 1 fully saturated rings. The van der Waals surface area contributed by atoms with E-state index in [2.05, 4.69) is 25.4 Å². The van der Waals surface area contributed by atoms with Gasteiger partial charge >= 0.3 is 0 Å². The molecule has 0 aliphatic carbocycles. The van der Waals surface area contributed by atoms with Crippen molar-refractivity contribution in [2.45, 2.75) is 12.8 Å². The fourth-order valence-corrected chi connectivity index (χ4v) is 2.14. The summed E-state index contributed by atoms with van der Waals surface area (Å²) in [6.07, 6.45) is 6.18. The lowest BCUT2D eigenvalue weighted by atomic mass is 9.99. The van der Waals surface area contributed by atoms with Crippen molar-refractivity contribution < 1.29 is 4.79 Å². The summed E-state index contributed by atoms with van der Waals surface area (Å²) >= 11 is 0. The van der Waals surface area contributed by atoms with Crippen LogP contribution < -0.4 is 4.90 Å². The number of hydrogen-bond acceptors (Lipinski definition) is 6. The van der Waals surface area contributed by atoms with E-state index in [0.717, 1.165) is 38.0 Å². The zero-order chi connectivity index (χ0) is 11.7. The predicted octanol–water partition coefficient (Wildman–Crippen LogP) is -0.0654. The number of anilines is 1. The average molecular weight is 232 g/mol. The van der Waals surface area contributed by atoms with Gasteiger partial charge in [0.15, 0.2) is 11.5 Å². The van der Waals surface area contributed by atoms with Crippen molar-refractivity contribution >= 4 is 17.8 Å². The van der Waals surface area contributed by atoms with E-state index in [9.17, 15) is 4.79 Å². The van der Waals surface area contributed by atoms with E-state index in [0.29, 0.717) is 5.65 Å². The molecule has 2 aromatic heterocycles. The van der Waals surface area contributed by atoms with Crippen LogP contribution in [0.25, 0.3) is 5.65 Å². The van der Waals surface area contributed by atoms with Gasteiger partial charge in [0.1, 0.15) is 6.29 Å². The first-order chi connectivity index (χ1) is 8.38. The van der Waals surface area contributed by atoms with Crippen LogP contribution in [0.4, 0.5) is 5.82 Å². The molecule has 2 aromatic rings. The van der Waals surface area contributed by atoms with Crippen molar-refractivity contribution in [2.75, 3.05) is 18.0 Å². The highest BCUT2D eigenvalue weighted by Gasteiger charge is 2.21. The monoisotopic (exact) mass is 232 g/mol. The van der Waals surface area contributed by atoms with Gasteiger partial charge in [0.05, 0.1) is 12.4 Å². The maximum Gasteiger partial charge on any atom is 0.199 e. The highest BCUT2D eigenvalue weighted by atomic mass is 16.1. The van der Waals surface area contributed by atoms with Gasteiger partial charge in [0.25, 0.3) is 0 Å². The Labute approximate surface area is 97.4 Å². The fraction of sp³-hybridized carbons (Fsp3) is 0.500. The SMILES string of the molecule is O=CC1CCN(c2cncc3nnnn23)CC1. The molecular weight excluding hydrogens is 220 g/mol. The smallest absolute Gasteiger partial charge is 0.199 e. The van der Waals surface area contributed by atoms with E-state index in [-0.39, 0.29) is 5.92 Å². The van der Waals surface area contributed by atoms with E-state index >= 15 is 0 Å². The molecule has 0 amide bonds. The lowest BCUT2D eigenvalue weighted by molar-refractivity contribution is -0.111. The maximum atomic E-state index is 10.7. The molecule has 0 spiro atoms. The minimum atomic E-state index is 0.187. The summed E-state index contributed by atoms with van der Waals surface area (Å²) in [5.41, 5.74) is 0.639. The average Bonchev–Trinajstić information content (AvgIpc) is 2.87. The molecule has 3 heterocycles. The molecule has 3 rings (SSSR count). The first-order valence-electron chi connectivity index (χ1n) is 5.61. The summed E-state index contributed by atoms with van der Waals surface area (Å²) in [5, 5.41) is 11.4. The number of piperidine rings is 1. The Morgan fingerprint density at radius 2 is 2.12 bits per heavy atom. The first kappa shape index (κ1) is 10.1. The molecule has 1 aliphatic rings. The van der Waals surface area contributed by atoms with Crippen molar-refractivity contribution in [2.24, 2.45) is 5.92 Å². The summed E-state index contributed by atoms with van der Waals surface area (Å²) in [6, 6.07) is 0. The molecule has 0 saturated carbocycles. The fourth-order valence-electron chi connectivity index (χ4n) is 2.14. The number of aromatic nitrogens is 5. The quantitative estimate of drug-likeness (QED) is 0.675. The largest absolute Gasteiger partial charge is 0.355 e. The number of carbonyl (C=O) groups excluding carboxylic acids is 1.